The topological polar surface area (TPSA) is 39.2 Å². The monoisotopic (exact) mass is 501 g/mol. The van der Waals surface area contributed by atoms with Crippen LogP contribution in [-0.2, 0) is 4.74 Å². The molecule has 0 aliphatic rings. The number of pyridine rings is 1. The minimum Gasteiger partial charge on any atom is -0.462 e. The van der Waals surface area contributed by atoms with Gasteiger partial charge in [-0.15, -0.1) is 0 Å². The highest BCUT2D eigenvalue weighted by atomic mass is 32.2. The van der Waals surface area contributed by atoms with Crippen LogP contribution in [0.25, 0.3) is 10.9 Å². The molecular weight excluding hydrogens is 470 g/mol. The van der Waals surface area contributed by atoms with Crippen LogP contribution in [0.3, 0.4) is 0 Å². The summed E-state index contributed by atoms with van der Waals surface area (Å²) >= 11 is 3.30. The average molecular weight is 502 g/mol. The van der Waals surface area contributed by atoms with E-state index in [4.69, 9.17) is 4.74 Å². The number of nitrogens with zero attached hydrogens (tertiary/aromatic N) is 1. The quantitative estimate of drug-likeness (QED) is 0.225. The summed E-state index contributed by atoms with van der Waals surface area (Å²) in [5, 5.41) is 0.952. The van der Waals surface area contributed by atoms with Crippen molar-refractivity contribution in [2.24, 2.45) is 0 Å². The Morgan fingerprint density at radius 3 is 1.89 bits per heavy atom. The van der Waals surface area contributed by atoms with E-state index in [0.717, 1.165) is 25.6 Å². The van der Waals surface area contributed by atoms with Gasteiger partial charge in [0.15, 0.2) is 0 Å². The van der Waals surface area contributed by atoms with Gasteiger partial charge in [0.1, 0.15) is 0 Å². The maximum absolute atomic E-state index is 12.7. The van der Waals surface area contributed by atoms with Crippen LogP contribution in [-0.4, -0.2) is 17.6 Å². The number of hydrogen-bond donors (Lipinski definition) is 0. The summed E-state index contributed by atoms with van der Waals surface area (Å²) in [6.07, 6.45) is 1.65. The first-order valence-electron chi connectivity index (χ1n) is 12.0. The highest BCUT2D eigenvalue weighted by Gasteiger charge is 2.18. The van der Waals surface area contributed by atoms with Gasteiger partial charge in [0, 0.05) is 31.2 Å². The third-order valence-corrected chi connectivity index (χ3v) is 7.98. The Kier molecular flexibility index (Phi) is 8.19. The third-order valence-electron chi connectivity index (χ3n) is 5.84. The van der Waals surface area contributed by atoms with E-state index in [9.17, 15) is 4.79 Å². The van der Waals surface area contributed by atoms with Crippen molar-refractivity contribution in [2.75, 3.05) is 6.61 Å². The Labute approximate surface area is 216 Å². The van der Waals surface area contributed by atoms with E-state index in [1.54, 1.807) is 29.7 Å². The van der Waals surface area contributed by atoms with E-state index in [-0.39, 0.29) is 5.97 Å². The van der Waals surface area contributed by atoms with Crippen LogP contribution in [0.2, 0.25) is 0 Å². The number of hydrogen-bond acceptors (Lipinski definition) is 5. The van der Waals surface area contributed by atoms with Crippen molar-refractivity contribution in [3.05, 3.63) is 89.6 Å². The van der Waals surface area contributed by atoms with E-state index < -0.39 is 0 Å². The second-order valence-corrected chi connectivity index (χ2v) is 11.3. The second kappa shape index (κ2) is 11.3. The molecule has 0 bridgehead atoms. The highest BCUT2D eigenvalue weighted by molar-refractivity contribution is 7.99. The van der Waals surface area contributed by atoms with Crippen LogP contribution in [0.4, 0.5) is 0 Å². The molecule has 0 N–H and O–H groups in total. The normalized spacial score (nSPS) is 11.4. The fourth-order valence-electron chi connectivity index (χ4n) is 3.77. The van der Waals surface area contributed by atoms with Gasteiger partial charge < -0.3 is 4.74 Å². The molecule has 5 heteroatoms. The van der Waals surface area contributed by atoms with Crippen LogP contribution >= 0.6 is 23.5 Å². The fraction of sp³-hybridized carbons (Fsp3) is 0.267. The first-order valence-corrected chi connectivity index (χ1v) is 13.6. The predicted molar refractivity (Wildman–Crippen MR) is 147 cm³/mol. The third kappa shape index (κ3) is 6.09. The molecule has 0 amide bonds. The number of benzene rings is 3. The number of carbonyl (C=O) groups is 1. The van der Waals surface area contributed by atoms with Gasteiger partial charge in [0.25, 0.3) is 0 Å². The molecule has 0 aliphatic carbocycles. The molecule has 35 heavy (non-hydrogen) atoms. The predicted octanol–water partition coefficient (Wildman–Crippen LogP) is 8.96. The molecule has 0 aliphatic heterocycles. The lowest BCUT2D eigenvalue weighted by Crippen LogP contribution is -2.07. The molecule has 0 saturated heterocycles. The average Bonchev–Trinajstić information content (AvgIpc) is 2.85. The van der Waals surface area contributed by atoms with Crippen molar-refractivity contribution >= 4 is 40.4 Å². The first-order chi connectivity index (χ1) is 16.9. The van der Waals surface area contributed by atoms with Gasteiger partial charge in [-0.2, -0.15) is 0 Å². The zero-order valence-corrected chi connectivity index (χ0v) is 22.5. The van der Waals surface area contributed by atoms with E-state index in [1.165, 1.54) is 16.0 Å². The molecule has 180 valence electrons. The summed E-state index contributed by atoms with van der Waals surface area (Å²) in [7, 11) is 0. The first kappa shape index (κ1) is 25.3. The molecule has 3 aromatic carbocycles. The molecule has 4 rings (SSSR count). The summed E-state index contributed by atoms with van der Waals surface area (Å²) in [5.41, 5.74) is 4.00. The molecule has 4 aromatic rings. The van der Waals surface area contributed by atoms with Gasteiger partial charge >= 0.3 is 5.97 Å². The van der Waals surface area contributed by atoms with Gasteiger partial charge in [0.2, 0.25) is 0 Å². The molecule has 3 nitrogen and oxygen atoms in total. The minimum atomic E-state index is -0.341. The maximum Gasteiger partial charge on any atom is 0.340 e. The molecule has 0 unspecified atom stereocenters. The molecule has 1 aromatic heterocycles. The van der Waals surface area contributed by atoms with Crippen LogP contribution < -0.4 is 0 Å². The lowest BCUT2D eigenvalue weighted by molar-refractivity contribution is 0.0522. The summed E-state index contributed by atoms with van der Waals surface area (Å²) < 4.78 is 5.34. The Morgan fingerprint density at radius 1 is 0.800 bits per heavy atom. The largest absolute Gasteiger partial charge is 0.462 e. The van der Waals surface area contributed by atoms with Gasteiger partial charge in [-0.05, 0) is 66.3 Å². The Morgan fingerprint density at radius 2 is 1.34 bits per heavy atom. The Hall–Kier alpha value is -2.76. The summed E-state index contributed by atoms with van der Waals surface area (Å²) in [6, 6.07) is 23.5. The molecule has 0 spiro atoms. The molecule has 1 heterocycles. The molecule has 0 atom stereocenters. The minimum absolute atomic E-state index is 0.329. The summed E-state index contributed by atoms with van der Waals surface area (Å²) in [5.74, 6) is 0.653. The lowest BCUT2D eigenvalue weighted by atomic mass is 10.0. The van der Waals surface area contributed by atoms with Crippen molar-refractivity contribution in [3.63, 3.8) is 0 Å². The SMILES string of the molecule is CCOC(=O)c1cnc2cc(Sc3ccc(C(C)C)cc3)ccc2c1Sc1ccc(C(C)C)cc1. The van der Waals surface area contributed by atoms with Gasteiger partial charge in [0.05, 0.1) is 17.7 Å². The van der Waals surface area contributed by atoms with Crippen molar-refractivity contribution in [2.45, 2.75) is 66.0 Å². The van der Waals surface area contributed by atoms with Gasteiger partial charge in [-0.25, -0.2) is 4.79 Å². The van der Waals surface area contributed by atoms with Crippen LogP contribution in [0, 0.1) is 0 Å². The van der Waals surface area contributed by atoms with Crippen molar-refractivity contribution in [1.82, 2.24) is 4.98 Å². The zero-order valence-electron chi connectivity index (χ0n) is 20.9. The van der Waals surface area contributed by atoms with Crippen molar-refractivity contribution in [1.29, 1.82) is 0 Å². The molecular formula is C30H31NO2S2. The van der Waals surface area contributed by atoms with Crippen LogP contribution in [0.5, 0.6) is 0 Å². The van der Waals surface area contributed by atoms with Gasteiger partial charge in [-0.1, -0.05) is 81.6 Å². The number of aromatic nitrogens is 1. The number of carbonyl (C=O) groups excluding carboxylic acids is 1. The van der Waals surface area contributed by atoms with E-state index >= 15 is 0 Å². The standard InChI is InChI=1S/C30H31NO2S2/c1-6-33-30(32)27-18-31-28-17-25(34-23-11-7-21(8-12-23)19(2)3)15-16-26(28)29(27)35-24-13-9-22(10-14-24)20(4)5/h7-20H,6H2,1-5H3. The number of fused-ring (bicyclic) bond motifs is 1. The molecule has 0 fully saturated rings. The molecule has 0 saturated carbocycles. The van der Waals surface area contributed by atoms with E-state index in [2.05, 4.69) is 99.4 Å². The highest BCUT2D eigenvalue weighted by Crippen LogP contribution is 2.38. The maximum atomic E-state index is 12.7. The van der Waals surface area contributed by atoms with Crippen molar-refractivity contribution < 1.29 is 9.53 Å². The zero-order chi connectivity index (χ0) is 24.9. The second-order valence-electron chi connectivity index (χ2n) is 9.05. The van der Waals surface area contributed by atoms with Gasteiger partial charge in [-0.3, -0.25) is 4.98 Å². The number of rotatable bonds is 8. The van der Waals surface area contributed by atoms with Crippen LogP contribution in [0.15, 0.2) is 92.5 Å². The smallest absolute Gasteiger partial charge is 0.340 e. The van der Waals surface area contributed by atoms with E-state index in [0.29, 0.717) is 24.0 Å². The fourth-order valence-corrected chi connectivity index (χ4v) is 5.66. The van der Waals surface area contributed by atoms with Crippen LogP contribution in [0.1, 0.15) is 67.9 Å². The number of ether oxygens (including phenoxy) is 1. The van der Waals surface area contributed by atoms with Crippen molar-refractivity contribution in [3.8, 4) is 0 Å². The summed E-state index contributed by atoms with van der Waals surface area (Å²) in [4.78, 5) is 21.6. The Balaban J connectivity index is 1.69. The Bertz CT molecular complexity index is 1310. The summed E-state index contributed by atoms with van der Waals surface area (Å²) in [6.45, 7) is 10.9. The lowest BCUT2D eigenvalue weighted by Gasteiger charge is -2.13. The molecule has 0 radical (unpaired) electrons. The van der Waals surface area contributed by atoms with E-state index in [1.807, 2.05) is 6.92 Å². The number of esters is 1.